The van der Waals surface area contributed by atoms with Crippen molar-refractivity contribution in [3.8, 4) is 5.75 Å². The van der Waals surface area contributed by atoms with Crippen LogP contribution >= 0.6 is 0 Å². The molecule has 0 heterocycles. The van der Waals surface area contributed by atoms with Crippen molar-refractivity contribution in [3.63, 3.8) is 0 Å². The molecule has 1 aliphatic rings. The lowest BCUT2D eigenvalue weighted by Gasteiger charge is -2.12. The van der Waals surface area contributed by atoms with Crippen LogP contribution in [0, 0.1) is 0 Å². The Labute approximate surface area is 91.3 Å². The molecule has 0 saturated carbocycles. The molecule has 15 heavy (non-hydrogen) atoms. The number of aryl methyl sites for hydroxylation is 1. The molecular formula is C13H19NO. The van der Waals surface area contributed by atoms with Crippen LogP contribution < -0.4 is 5.32 Å². The fraction of sp³-hybridized carbons (Fsp3) is 0.538. The van der Waals surface area contributed by atoms with Crippen molar-refractivity contribution < 1.29 is 5.11 Å². The monoisotopic (exact) mass is 205 g/mol. The van der Waals surface area contributed by atoms with Gasteiger partial charge in [0.2, 0.25) is 0 Å². The van der Waals surface area contributed by atoms with Gasteiger partial charge < -0.3 is 10.4 Å². The highest BCUT2D eigenvalue weighted by Gasteiger charge is 2.21. The first-order valence-electron chi connectivity index (χ1n) is 5.83. The number of nitrogens with one attached hydrogen (secondary N) is 1. The number of aromatic hydroxyl groups is 1. The highest BCUT2D eigenvalue weighted by molar-refractivity contribution is 5.40. The average Bonchev–Trinajstić information content (AvgIpc) is 2.62. The Balaban J connectivity index is 2.03. The number of hydrogen-bond acceptors (Lipinski definition) is 2. The quantitative estimate of drug-likeness (QED) is 0.740. The van der Waals surface area contributed by atoms with Crippen LogP contribution in [0.25, 0.3) is 0 Å². The van der Waals surface area contributed by atoms with Crippen LogP contribution in [0.5, 0.6) is 5.75 Å². The molecule has 0 radical (unpaired) electrons. The third-order valence-electron chi connectivity index (χ3n) is 3.15. The molecule has 82 valence electrons. The molecule has 2 N–H and O–H groups in total. The van der Waals surface area contributed by atoms with Crippen LogP contribution in [0.15, 0.2) is 18.2 Å². The van der Waals surface area contributed by atoms with Gasteiger partial charge in [0.05, 0.1) is 0 Å². The van der Waals surface area contributed by atoms with Crippen molar-refractivity contribution in [2.75, 3.05) is 13.1 Å². The molecule has 1 atom stereocenters. The van der Waals surface area contributed by atoms with Gasteiger partial charge in [-0.1, -0.05) is 13.0 Å². The zero-order chi connectivity index (χ0) is 10.7. The largest absolute Gasteiger partial charge is 0.508 e. The lowest BCUT2D eigenvalue weighted by Crippen LogP contribution is -2.21. The Morgan fingerprint density at radius 3 is 3.13 bits per heavy atom. The summed E-state index contributed by atoms with van der Waals surface area (Å²) in [5.41, 5.74) is 2.76. The van der Waals surface area contributed by atoms with Crippen LogP contribution in [-0.2, 0) is 6.42 Å². The predicted octanol–water partition coefficient (Wildman–Crippen LogP) is 2.42. The van der Waals surface area contributed by atoms with Crippen molar-refractivity contribution in [2.45, 2.75) is 32.1 Å². The van der Waals surface area contributed by atoms with Crippen molar-refractivity contribution in [1.29, 1.82) is 0 Å². The normalized spacial score (nSPS) is 19.1. The maximum Gasteiger partial charge on any atom is 0.115 e. The van der Waals surface area contributed by atoms with E-state index >= 15 is 0 Å². The van der Waals surface area contributed by atoms with Crippen LogP contribution in [0.1, 0.15) is 36.8 Å². The van der Waals surface area contributed by atoms with Crippen LogP contribution in [0.4, 0.5) is 0 Å². The van der Waals surface area contributed by atoms with Crippen LogP contribution in [0.2, 0.25) is 0 Å². The second kappa shape index (κ2) is 4.67. The van der Waals surface area contributed by atoms with Gasteiger partial charge in [0.25, 0.3) is 0 Å². The summed E-state index contributed by atoms with van der Waals surface area (Å²) in [6.07, 6.45) is 3.56. The van der Waals surface area contributed by atoms with Crippen LogP contribution in [0.3, 0.4) is 0 Å². The summed E-state index contributed by atoms with van der Waals surface area (Å²) < 4.78 is 0. The van der Waals surface area contributed by atoms with Crippen molar-refractivity contribution in [2.24, 2.45) is 0 Å². The molecule has 0 aromatic heterocycles. The molecule has 1 aliphatic carbocycles. The number of phenols is 1. The maximum atomic E-state index is 9.47. The number of hydrogen-bond donors (Lipinski definition) is 2. The minimum absolute atomic E-state index is 0.399. The molecule has 0 spiro atoms. The summed E-state index contributed by atoms with van der Waals surface area (Å²) in [4.78, 5) is 0. The van der Waals surface area contributed by atoms with E-state index in [0.717, 1.165) is 19.5 Å². The molecule has 0 bridgehead atoms. The smallest absolute Gasteiger partial charge is 0.115 e. The van der Waals surface area contributed by atoms with Crippen molar-refractivity contribution in [1.82, 2.24) is 5.32 Å². The predicted molar refractivity (Wildman–Crippen MR) is 62.3 cm³/mol. The molecule has 2 nitrogen and oxygen atoms in total. The van der Waals surface area contributed by atoms with Gasteiger partial charge in [-0.15, -0.1) is 0 Å². The number of fused-ring (bicyclic) bond motifs is 1. The molecular weight excluding hydrogens is 186 g/mol. The summed E-state index contributed by atoms with van der Waals surface area (Å²) >= 11 is 0. The Morgan fingerprint density at radius 1 is 1.47 bits per heavy atom. The van der Waals surface area contributed by atoms with E-state index in [9.17, 15) is 5.11 Å². The summed E-state index contributed by atoms with van der Waals surface area (Å²) in [5, 5.41) is 12.9. The summed E-state index contributed by atoms with van der Waals surface area (Å²) in [5.74, 6) is 0.995. The maximum absolute atomic E-state index is 9.47. The van der Waals surface area contributed by atoms with Crippen LogP contribution in [-0.4, -0.2) is 18.2 Å². The highest BCUT2D eigenvalue weighted by Crippen LogP contribution is 2.34. The number of benzene rings is 1. The lowest BCUT2D eigenvalue weighted by molar-refractivity contribution is 0.473. The van der Waals surface area contributed by atoms with E-state index in [2.05, 4.69) is 18.3 Å². The average molecular weight is 205 g/mol. The van der Waals surface area contributed by atoms with E-state index in [4.69, 9.17) is 0 Å². The molecule has 1 unspecified atom stereocenters. The lowest BCUT2D eigenvalue weighted by atomic mass is 10.0. The van der Waals surface area contributed by atoms with Crippen molar-refractivity contribution >= 4 is 0 Å². The first-order valence-corrected chi connectivity index (χ1v) is 5.83. The molecule has 0 amide bonds. The minimum Gasteiger partial charge on any atom is -0.508 e. The van der Waals surface area contributed by atoms with E-state index in [-0.39, 0.29) is 0 Å². The molecule has 0 fully saturated rings. The van der Waals surface area contributed by atoms with Gasteiger partial charge in [-0.05, 0) is 55.0 Å². The molecule has 2 rings (SSSR count). The van der Waals surface area contributed by atoms with E-state index in [1.807, 2.05) is 6.07 Å². The van der Waals surface area contributed by atoms with E-state index in [0.29, 0.717) is 11.7 Å². The zero-order valence-electron chi connectivity index (χ0n) is 9.29. The van der Waals surface area contributed by atoms with E-state index in [1.54, 1.807) is 6.07 Å². The second-order valence-electron chi connectivity index (χ2n) is 4.32. The van der Waals surface area contributed by atoms with Gasteiger partial charge in [-0.25, -0.2) is 0 Å². The molecule has 0 saturated heterocycles. The zero-order valence-corrected chi connectivity index (χ0v) is 9.29. The number of phenolic OH excluding ortho intramolecular Hbond substituents is 1. The second-order valence-corrected chi connectivity index (χ2v) is 4.32. The van der Waals surface area contributed by atoms with Gasteiger partial charge in [0.1, 0.15) is 5.75 Å². The SMILES string of the molecule is CCCNCC1CCc2ccc(O)cc21. The van der Waals surface area contributed by atoms with Gasteiger partial charge in [-0.2, -0.15) is 0 Å². The Kier molecular flexibility index (Phi) is 3.27. The topological polar surface area (TPSA) is 32.3 Å². The highest BCUT2D eigenvalue weighted by atomic mass is 16.3. The Bertz CT molecular complexity index is 335. The third-order valence-corrected chi connectivity index (χ3v) is 3.15. The van der Waals surface area contributed by atoms with Gasteiger partial charge >= 0.3 is 0 Å². The standard InChI is InChI=1S/C13H19NO/c1-2-7-14-9-11-4-3-10-5-6-12(15)8-13(10)11/h5-6,8,11,14-15H,2-4,7,9H2,1H3. The minimum atomic E-state index is 0.399. The van der Waals surface area contributed by atoms with Gasteiger partial charge in [0.15, 0.2) is 0 Å². The fourth-order valence-corrected chi connectivity index (χ4v) is 2.34. The fourth-order valence-electron chi connectivity index (χ4n) is 2.34. The first kappa shape index (κ1) is 10.5. The molecule has 1 aromatic rings. The van der Waals surface area contributed by atoms with Gasteiger partial charge in [0, 0.05) is 6.54 Å². The molecule has 0 aliphatic heterocycles. The first-order chi connectivity index (χ1) is 7.31. The molecule has 2 heteroatoms. The molecule has 1 aromatic carbocycles. The third kappa shape index (κ3) is 2.32. The summed E-state index contributed by atoms with van der Waals surface area (Å²) in [6.45, 7) is 4.32. The van der Waals surface area contributed by atoms with Crippen molar-refractivity contribution in [3.05, 3.63) is 29.3 Å². The summed E-state index contributed by atoms with van der Waals surface area (Å²) in [7, 11) is 0. The van der Waals surface area contributed by atoms with E-state index in [1.165, 1.54) is 24.0 Å². The number of rotatable bonds is 4. The Hall–Kier alpha value is -1.02. The summed E-state index contributed by atoms with van der Waals surface area (Å²) in [6, 6.07) is 5.78. The van der Waals surface area contributed by atoms with Gasteiger partial charge in [-0.3, -0.25) is 0 Å². The Morgan fingerprint density at radius 2 is 2.33 bits per heavy atom. The van der Waals surface area contributed by atoms with E-state index < -0.39 is 0 Å².